The Balaban J connectivity index is 2.71. The molecule has 1 aromatic rings. The van der Waals surface area contributed by atoms with Crippen LogP contribution in [0.5, 0.6) is 0 Å². The third-order valence-electron chi connectivity index (χ3n) is 2.86. The van der Waals surface area contributed by atoms with Crippen LogP contribution in [0.4, 0.5) is 0 Å². The molecule has 0 aromatic heterocycles. The van der Waals surface area contributed by atoms with Gasteiger partial charge in [0, 0.05) is 11.6 Å². The van der Waals surface area contributed by atoms with Gasteiger partial charge >= 0.3 is 0 Å². The molecule has 1 aromatic carbocycles. The van der Waals surface area contributed by atoms with Crippen molar-refractivity contribution in [3.05, 3.63) is 35.4 Å². The molecule has 0 unspecified atom stereocenters. The molecule has 1 nitrogen and oxygen atoms in total. The summed E-state index contributed by atoms with van der Waals surface area (Å²) in [5.41, 5.74) is 3.30. The molecule has 0 aliphatic rings. The maximum absolute atomic E-state index is 3.60. The van der Waals surface area contributed by atoms with Crippen molar-refractivity contribution < 1.29 is 0 Å². The molecule has 0 bridgehead atoms. The smallest absolute Gasteiger partial charge is 0.0296 e. The summed E-state index contributed by atoms with van der Waals surface area (Å²) in [6, 6.07) is 9.44. The highest BCUT2D eigenvalue weighted by molar-refractivity contribution is 5.25. The minimum Gasteiger partial charge on any atom is -0.306 e. The van der Waals surface area contributed by atoms with E-state index in [1.165, 1.54) is 11.1 Å². The van der Waals surface area contributed by atoms with Crippen molar-refractivity contribution in [2.24, 2.45) is 5.41 Å². The summed E-state index contributed by atoms with van der Waals surface area (Å²) < 4.78 is 0. The molecule has 1 rings (SSSR count). The highest BCUT2D eigenvalue weighted by Crippen LogP contribution is 2.22. The summed E-state index contributed by atoms with van der Waals surface area (Å²) in [4.78, 5) is 0. The first-order chi connectivity index (χ1) is 8.07. The van der Waals surface area contributed by atoms with Crippen LogP contribution < -0.4 is 5.32 Å². The first-order valence-corrected chi connectivity index (χ1v) is 6.93. The molecular formula is C17H29N. The second kappa shape index (κ2) is 5.44. The Labute approximate surface area is 113 Å². The predicted molar refractivity (Wildman–Crippen MR) is 80.9 cm³/mol. The van der Waals surface area contributed by atoms with Gasteiger partial charge < -0.3 is 5.32 Å². The monoisotopic (exact) mass is 247 g/mol. The van der Waals surface area contributed by atoms with Gasteiger partial charge in [-0.05, 0) is 50.7 Å². The highest BCUT2D eigenvalue weighted by Gasteiger charge is 2.15. The summed E-state index contributed by atoms with van der Waals surface area (Å²) in [6.45, 7) is 15.7. The Hall–Kier alpha value is -0.820. The zero-order valence-corrected chi connectivity index (χ0v) is 13.1. The summed E-state index contributed by atoms with van der Waals surface area (Å²) in [5.74, 6) is 0. The van der Waals surface area contributed by atoms with E-state index in [9.17, 15) is 0 Å². The van der Waals surface area contributed by atoms with Gasteiger partial charge in [-0.1, -0.05) is 45.0 Å². The zero-order chi connectivity index (χ0) is 14.0. The molecule has 0 fully saturated rings. The van der Waals surface area contributed by atoms with E-state index in [0.29, 0.717) is 11.5 Å². The van der Waals surface area contributed by atoms with Crippen LogP contribution in [-0.4, -0.2) is 5.54 Å². The average molecular weight is 247 g/mol. The third-order valence-corrected chi connectivity index (χ3v) is 2.86. The largest absolute Gasteiger partial charge is 0.306 e. The molecule has 0 saturated heterocycles. The van der Waals surface area contributed by atoms with E-state index in [1.54, 1.807) is 0 Å². The summed E-state index contributed by atoms with van der Waals surface area (Å²) in [7, 11) is 0. The highest BCUT2D eigenvalue weighted by atomic mass is 15.0. The first kappa shape index (κ1) is 15.2. The van der Waals surface area contributed by atoms with Crippen molar-refractivity contribution in [2.75, 3.05) is 0 Å². The van der Waals surface area contributed by atoms with Crippen LogP contribution in [0.1, 0.15) is 65.6 Å². The lowest BCUT2D eigenvalue weighted by Gasteiger charge is -2.26. The zero-order valence-electron chi connectivity index (χ0n) is 13.1. The summed E-state index contributed by atoms with van der Waals surface area (Å²) in [6.07, 6.45) is 1.13. The molecule has 102 valence electrons. The van der Waals surface area contributed by atoms with Gasteiger partial charge in [-0.15, -0.1) is 0 Å². The van der Waals surface area contributed by atoms with E-state index in [-0.39, 0.29) is 5.54 Å². The van der Waals surface area contributed by atoms with Gasteiger partial charge in [-0.25, -0.2) is 0 Å². The van der Waals surface area contributed by atoms with Crippen molar-refractivity contribution >= 4 is 0 Å². The van der Waals surface area contributed by atoms with Crippen molar-refractivity contribution in [1.82, 2.24) is 5.32 Å². The van der Waals surface area contributed by atoms with Crippen LogP contribution in [0.25, 0.3) is 0 Å². The number of rotatable bonds is 3. The normalized spacial score (nSPS) is 14.6. The predicted octanol–water partition coefficient (Wildman–Crippen LogP) is 4.72. The summed E-state index contributed by atoms with van der Waals surface area (Å²) in [5, 5.41) is 3.60. The number of hydrogen-bond acceptors (Lipinski definition) is 1. The van der Waals surface area contributed by atoms with Gasteiger partial charge in [0.25, 0.3) is 0 Å². The third kappa shape index (κ3) is 5.68. The lowest BCUT2D eigenvalue weighted by atomic mass is 9.87. The van der Waals surface area contributed by atoms with Crippen molar-refractivity contribution in [3.8, 4) is 0 Å². The standard InChI is InChI=1S/C17H29N/c1-13(18-17(5,6)7)15-10-8-14(9-11-15)12-16(2,3)4/h8-11,13,18H,12H2,1-7H3/t13-/m0/s1. The molecule has 0 amide bonds. The number of benzene rings is 1. The van der Waals surface area contributed by atoms with Crippen LogP contribution in [-0.2, 0) is 6.42 Å². The van der Waals surface area contributed by atoms with Crippen LogP contribution in [0.15, 0.2) is 24.3 Å². The molecule has 0 spiro atoms. The molecule has 0 radical (unpaired) electrons. The Morgan fingerprint density at radius 1 is 0.944 bits per heavy atom. The Morgan fingerprint density at radius 2 is 1.44 bits per heavy atom. The number of hydrogen-bond donors (Lipinski definition) is 1. The van der Waals surface area contributed by atoms with Gasteiger partial charge in [-0.2, -0.15) is 0 Å². The van der Waals surface area contributed by atoms with E-state index in [1.807, 2.05) is 0 Å². The van der Waals surface area contributed by atoms with E-state index >= 15 is 0 Å². The lowest BCUT2D eigenvalue weighted by Crippen LogP contribution is -2.37. The fraction of sp³-hybridized carbons (Fsp3) is 0.647. The van der Waals surface area contributed by atoms with E-state index in [4.69, 9.17) is 0 Å². The Kier molecular flexibility index (Phi) is 4.61. The minimum absolute atomic E-state index is 0.156. The molecule has 0 aliphatic carbocycles. The van der Waals surface area contributed by atoms with Gasteiger partial charge in [-0.3, -0.25) is 0 Å². The lowest BCUT2D eigenvalue weighted by molar-refractivity contribution is 0.378. The van der Waals surface area contributed by atoms with Crippen LogP contribution in [0.2, 0.25) is 0 Å². The average Bonchev–Trinajstić information content (AvgIpc) is 2.13. The van der Waals surface area contributed by atoms with Gasteiger partial charge in [0.05, 0.1) is 0 Å². The second-order valence-electron chi connectivity index (χ2n) is 7.60. The molecule has 0 saturated carbocycles. The molecule has 1 heteroatoms. The molecule has 1 N–H and O–H groups in total. The fourth-order valence-corrected chi connectivity index (χ4v) is 2.27. The fourth-order valence-electron chi connectivity index (χ4n) is 2.27. The topological polar surface area (TPSA) is 12.0 Å². The number of nitrogens with one attached hydrogen (secondary N) is 1. The van der Waals surface area contributed by atoms with E-state index in [0.717, 1.165) is 6.42 Å². The molecular weight excluding hydrogens is 218 g/mol. The van der Waals surface area contributed by atoms with E-state index < -0.39 is 0 Å². The SMILES string of the molecule is C[C@H](NC(C)(C)C)c1ccc(CC(C)(C)C)cc1. The van der Waals surface area contributed by atoms with Crippen molar-refractivity contribution in [2.45, 2.75) is 66.5 Å². The second-order valence-corrected chi connectivity index (χ2v) is 7.60. The molecule has 1 atom stereocenters. The van der Waals surface area contributed by atoms with Gasteiger partial charge in [0.15, 0.2) is 0 Å². The van der Waals surface area contributed by atoms with Crippen molar-refractivity contribution in [3.63, 3.8) is 0 Å². The van der Waals surface area contributed by atoms with Gasteiger partial charge in [0.2, 0.25) is 0 Å². The van der Waals surface area contributed by atoms with Crippen LogP contribution in [0.3, 0.4) is 0 Å². The Bertz CT molecular complexity index is 362. The van der Waals surface area contributed by atoms with Crippen LogP contribution in [0, 0.1) is 5.41 Å². The molecule has 18 heavy (non-hydrogen) atoms. The van der Waals surface area contributed by atoms with E-state index in [2.05, 4.69) is 78.0 Å². The maximum atomic E-state index is 3.60. The first-order valence-electron chi connectivity index (χ1n) is 6.93. The molecule has 0 aliphatic heterocycles. The van der Waals surface area contributed by atoms with Crippen molar-refractivity contribution in [1.29, 1.82) is 0 Å². The minimum atomic E-state index is 0.156. The summed E-state index contributed by atoms with van der Waals surface area (Å²) >= 11 is 0. The van der Waals surface area contributed by atoms with Crippen LogP contribution >= 0.6 is 0 Å². The quantitative estimate of drug-likeness (QED) is 0.814. The molecule has 0 heterocycles. The van der Waals surface area contributed by atoms with Gasteiger partial charge in [0.1, 0.15) is 0 Å². The Morgan fingerprint density at radius 3 is 1.83 bits per heavy atom. The maximum Gasteiger partial charge on any atom is 0.0296 e.